The van der Waals surface area contributed by atoms with Gasteiger partial charge in [0, 0.05) is 30.7 Å². The molecule has 1 heterocycles. The van der Waals surface area contributed by atoms with Crippen molar-refractivity contribution in [1.29, 1.82) is 0 Å². The minimum Gasteiger partial charge on any atom is -0.382 e. The monoisotopic (exact) mass is 236 g/mol. The Morgan fingerprint density at radius 3 is 2.87 bits per heavy atom. The molecule has 2 fully saturated rings. The van der Waals surface area contributed by atoms with Crippen LogP contribution in [0.2, 0.25) is 0 Å². The predicted octanol–water partition coefficient (Wildman–Crippen LogP) is 1.34. The second-order valence-corrected chi connectivity index (χ2v) is 2.26. The molecule has 1 spiro atoms. The topological polar surface area (TPSA) is 36.9 Å². The largest absolute Gasteiger partial charge is 0.382 e. The maximum atomic E-state index is 8.30. The van der Waals surface area contributed by atoms with Crippen LogP contribution in [0, 0.1) is 0 Å². The summed E-state index contributed by atoms with van der Waals surface area (Å²) in [6, 6.07) is 0. The summed E-state index contributed by atoms with van der Waals surface area (Å²) in [7, 11) is -3.63. The molecular weight excluding hydrogens is 196 g/mol. The molecule has 0 bridgehead atoms. The molecule has 2 rings (SSSR count). The van der Waals surface area contributed by atoms with Crippen molar-refractivity contribution in [2.75, 3.05) is 33.3 Å². The van der Waals surface area contributed by atoms with Gasteiger partial charge >= 0.3 is 0 Å². The van der Waals surface area contributed by atoms with E-state index in [9.17, 15) is 0 Å². The first kappa shape index (κ1) is 2.21. The van der Waals surface area contributed by atoms with E-state index in [0.29, 0.717) is 0 Å². The number of rotatable bonds is 4. The third kappa shape index (κ3) is 2.91. The smallest absolute Gasteiger partial charge is 0.168 e. The first-order valence-corrected chi connectivity index (χ1v) is 3.63. The lowest BCUT2D eigenvalue weighted by molar-refractivity contribution is -0.192. The standard InChI is InChI=1S/C11H20O4/c1-12-6-7-13-10-2-4-11(5-3-10)14-8-9-15-11/h10H,2-9H2,1H3/i1D3,2D2,3D2,4D2,5D2,6D2,7D2,8D2,9D2,10D. The van der Waals surface area contributed by atoms with Crippen molar-refractivity contribution in [3.63, 3.8) is 0 Å². The van der Waals surface area contributed by atoms with Gasteiger partial charge in [0.05, 0.1) is 48.8 Å². The molecule has 15 heavy (non-hydrogen) atoms. The summed E-state index contributed by atoms with van der Waals surface area (Å²) in [5.74, 6) is -4.07. The van der Waals surface area contributed by atoms with Crippen LogP contribution in [0.3, 0.4) is 0 Å². The summed E-state index contributed by atoms with van der Waals surface area (Å²) in [6.07, 6.45) is -21.6. The van der Waals surface area contributed by atoms with E-state index in [0.717, 1.165) is 0 Å². The number of methoxy groups -OCH3 is 1. The van der Waals surface area contributed by atoms with Gasteiger partial charge in [-0.1, -0.05) is 0 Å². The number of hydrogen-bond donors (Lipinski definition) is 0. The second kappa shape index (κ2) is 5.25. The lowest BCUT2D eigenvalue weighted by Gasteiger charge is -2.35. The van der Waals surface area contributed by atoms with Crippen LogP contribution in [0.15, 0.2) is 0 Å². The Morgan fingerprint density at radius 2 is 2.20 bits per heavy atom. The quantitative estimate of drug-likeness (QED) is 0.738. The van der Waals surface area contributed by atoms with E-state index < -0.39 is 70.6 Å². The van der Waals surface area contributed by atoms with Crippen molar-refractivity contribution in [3.8, 4) is 0 Å². The van der Waals surface area contributed by atoms with Crippen molar-refractivity contribution >= 4 is 0 Å². The van der Waals surface area contributed by atoms with Gasteiger partial charge in [-0.3, -0.25) is 0 Å². The van der Waals surface area contributed by atoms with Gasteiger partial charge in [0.15, 0.2) is 5.79 Å². The van der Waals surface area contributed by atoms with E-state index in [1.165, 1.54) is 0 Å². The minimum absolute atomic E-state index is 3.63. The first-order chi connectivity index (χ1) is 14.8. The van der Waals surface area contributed by atoms with Crippen molar-refractivity contribution in [2.24, 2.45) is 0 Å². The van der Waals surface area contributed by atoms with Crippen LogP contribution < -0.4 is 0 Å². The van der Waals surface area contributed by atoms with Crippen LogP contribution in [-0.2, 0) is 18.9 Å². The Labute approximate surface area is 119 Å². The summed E-state index contributed by atoms with van der Waals surface area (Å²) < 4.78 is 173. The average Bonchev–Trinajstić information content (AvgIpc) is 2.76. The fourth-order valence-electron chi connectivity index (χ4n) is 0.793. The van der Waals surface area contributed by atoms with Gasteiger partial charge in [-0.15, -0.1) is 0 Å². The van der Waals surface area contributed by atoms with Crippen LogP contribution in [0.4, 0.5) is 0 Å². The van der Waals surface area contributed by atoms with Crippen molar-refractivity contribution in [1.82, 2.24) is 0 Å². The van der Waals surface area contributed by atoms with E-state index in [1.54, 1.807) is 0 Å². The van der Waals surface area contributed by atoms with E-state index in [-0.39, 0.29) is 0 Å². The Morgan fingerprint density at radius 1 is 1.47 bits per heavy atom. The maximum Gasteiger partial charge on any atom is 0.168 e. The van der Waals surface area contributed by atoms with Crippen molar-refractivity contribution in [3.05, 3.63) is 0 Å². The van der Waals surface area contributed by atoms with Gasteiger partial charge in [-0.2, -0.15) is 0 Å². The molecule has 0 aromatic carbocycles. The van der Waals surface area contributed by atoms with Crippen molar-refractivity contribution < 1.29 is 46.4 Å². The fourth-order valence-corrected chi connectivity index (χ4v) is 0.793. The summed E-state index contributed by atoms with van der Waals surface area (Å²) in [5, 5.41) is 0. The van der Waals surface area contributed by atoms with E-state index in [4.69, 9.17) is 27.4 Å². The molecule has 1 aliphatic heterocycles. The Bertz CT molecular complexity index is 814. The minimum atomic E-state index is -4.43. The molecule has 0 N–H and O–H groups in total. The Balaban J connectivity index is 2.79. The van der Waals surface area contributed by atoms with E-state index in [2.05, 4.69) is 18.9 Å². The highest BCUT2D eigenvalue weighted by atomic mass is 16.7. The molecule has 88 valence electrons. The fraction of sp³-hybridized carbons (Fsp3) is 1.00. The first-order valence-electron chi connectivity index (χ1n) is 13.6. The van der Waals surface area contributed by atoms with E-state index in [1.807, 2.05) is 0 Å². The van der Waals surface area contributed by atoms with Crippen LogP contribution in [0.25, 0.3) is 0 Å². The molecule has 2 aliphatic rings. The molecule has 1 saturated carbocycles. The Hall–Kier alpha value is -0.160. The van der Waals surface area contributed by atoms with Crippen LogP contribution >= 0.6 is 0 Å². The van der Waals surface area contributed by atoms with Crippen LogP contribution in [0.5, 0.6) is 0 Å². The van der Waals surface area contributed by atoms with Gasteiger partial charge in [-0.25, -0.2) is 0 Å². The third-order valence-electron chi connectivity index (χ3n) is 1.36. The molecule has 0 unspecified atom stereocenters. The molecule has 0 radical (unpaired) electrons. The molecule has 0 amide bonds. The van der Waals surface area contributed by atoms with Gasteiger partial charge < -0.3 is 18.9 Å². The molecule has 0 aromatic heterocycles. The second-order valence-electron chi connectivity index (χ2n) is 2.26. The summed E-state index contributed by atoms with van der Waals surface area (Å²) in [6.45, 7) is -15.7. The summed E-state index contributed by atoms with van der Waals surface area (Å²) >= 11 is 0. The highest BCUT2D eigenvalue weighted by molar-refractivity contribution is 4.82. The van der Waals surface area contributed by atoms with Crippen molar-refractivity contribution in [2.45, 2.75) is 37.4 Å². The van der Waals surface area contributed by atoms with Crippen LogP contribution in [0.1, 0.15) is 52.9 Å². The zero-order chi connectivity index (χ0) is 28.3. The number of ether oxygens (including phenoxy) is 4. The molecule has 1 saturated heterocycles. The van der Waals surface area contributed by atoms with Gasteiger partial charge in [0.2, 0.25) is 0 Å². The summed E-state index contributed by atoms with van der Waals surface area (Å²) in [5.41, 5.74) is 0. The molecule has 1 aliphatic carbocycles. The molecule has 0 aromatic rings. The lowest BCUT2D eigenvalue weighted by Crippen LogP contribution is -2.37. The third-order valence-corrected chi connectivity index (χ3v) is 1.36. The lowest BCUT2D eigenvalue weighted by atomic mass is 9.92. The van der Waals surface area contributed by atoms with Gasteiger partial charge in [0.1, 0.15) is 0 Å². The maximum absolute atomic E-state index is 8.30. The molecule has 4 heteroatoms. The highest BCUT2D eigenvalue weighted by Crippen LogP contribution is 2.36. The SMILES string of the molecule is [2H]C([2H])([2H])OC([2H])([2H])C([2H])([2H])OC1([2H])C([2H])([2H])C([2H])([2H])C2(OC([2H])([2H])C([2H])([2H])O2)C([2H])([2H])C1([2H])[2H]. The Kier molecular flexibility index (Phi) is 0.775. The molecule has 4 nitrogen and oxygen atoms in total. The average molecular weight is 236 g/mol. The summed E-state index contributed by atoms with van der Waals surface area (Å²) in [4.78, 5) is 0. The number of hydrogen-bond acceptors (Lipinski definition) is 4. The normalized spacial score (nSPS) is 70.9. The van der Waals surface area contributed by atoms with Gasteiger partial charge in [-0.05, 0) is 12.7 Å². The van der Waals surface area contributed by atoms with Gasteiger partial charge in [0.25, 0.3) is 0 Å². The van der Waals surface area contributed by atoms with Crippen LogP contribution in [-0.4, -0.2) is 45.1 Å². The molecule has 0 atom stereocenters. The highest BCUT2D eigenvalue weighted by Gasteiger charge is 2.40. The predicted molar refractivity (Wildman–Crippen MR) is 54.7 cm³/mol. The zero-order valence-electron chi connectivity index (χ0n) is 27.1. The molecular formula is C11H20O4. The zero-order valence-corrected chi connectivity index (χ0v) is 7.13. The van der Waals surface area contributed by atoms with E-state index >= 15 is 0 Å².